The van der Waals surface area contributed by atoms with E-state index in [0.717, 1.165) is 24.5 Å². The lowest BCUT2D eigenvalue weighted by Crippen LogP contribution is -2.42. The molecule has 1 aliphatic carbocycles. The molecule has 0 aromatic heterocycles. The molecular weight excluding hydrogens is 230 g/mol. The molecule has 1 fully saturated rings. The molecule has 78 valence electrons. The van der Waals surface area contributed by atoms with Gasteiger partial charge >= 0.3 is 0 Å². The third-order valence-corrected chi connectivity index (χ3v) is 3.31. The second-order valence-corrected chi connectivity index (χ2v) is 4.45. The van der Waals surface area contributed by atoms with Crippen molar-refractivity contribution < 1.29 is 4.74 Å². The Bertz CT molecular complexity index is 120. The van der Waals surface area contributed by atoms with E-state index < -0.39 is 0 Å². The van der Waals surface area contributed by atoms with E-state index in [1.807, 2.05) is 0 Å². The van der Waals surface area contributed by atoms with Crippen LogP contribution in [-0.4, -0.2) is 43.1 Å². The topological polar surface area (TPSA) is 12.5 Å². The van der Waals surface area contributed by atoms with Gasteiger partial charge in [0.15, 0.2) is 0 Å². The van der Waals surface area contributed by atoms with Gasteiger partial charge in [0.2, 0.25) is 0 Å². The Hall–Kier alpha value is 0.400. The number of hydrogen-bond donors (Lipinski definition) is 0. The van der Waals surface area contributed by atoms with Gasteiger partial charge in [-0.3, -0.25) is 4.90 Å². The molecule has 0 aliphatic heterocycles. The number of methoxy groups -OCH3 is 1. The van der Waals surface area contributed by atoms with Crippen molar-refractivity contribution in [3.8, 4) is 0 Å². The molecule has 0 bridgehead atoms. The summed E-state index contributed by atoms with van der Waals surface area (Å²) >= 11 is 3.48. The standard InChI is InChI=1S/C10H20BrNO/c1-13-9-8-12(7-3-6-11)10-4-2-5-10/h10H,2-9H2,1H3. The monoisotopic (exact) mass is 249 g/mol. The van der Waals surface area contributed by atoms with Crippen molar-refractivity contribution in [2.75, 3.05) is 32.1 Å². The maximum Gasteiger partial charge on any atom is 0.0589 e. The molecule has 3 heteroatoms. The van der Waals surface area contributed by atoms with Gasteiger partial charge in [-0.05, 0) is 25.8 Å². The lowest BCUT2D eigenvalue weighted by molar-refractivity contribution is 0.0852. The van der Waals surface area contributed by atoms with Gasteiger partial charge in [-0.1, -0.05) is 22.4 Å². The zero-order valence-electron chi connectivity index (χ0n) is 8.47. The number of rotatable bonds is 7. The Balaban J connectivity index is 2.16. The fourth-order valence-electron chi connectivity index (χ4n) is 1.70. The summed E-state index contributed by atoms with van der Waals surface area (Å²) in [6.07, 6.45) is 5.46. The Kier molecular flexibility index (Phi) is 6.00. The van der Waals surface area contributed by atoms with Crippen LogP contribution in [0.15, 0.2) is 0 Å². The van der Waals surface area contributed by atoms with Crippen LogP contribution in [-0.2, 0) is 4.74 Å². The van der Waals surface area contributed by atoms with Crippen LogP contribution in [0.4, 0.5) is 0 Å². The molecule has 0 heterocycles. The number of ether oxygens (including phenoxy) is 1. The third-order valence-electron chi connectivity index (χ3n) is 2.75. The lowest BCUT2D eigenvalue weighted by atomic mass is 9.91. The minimum absolute atomic E-state index is 0.856. The molecule has 0 N–H and O–H groups in total. The molecule has 0 aromatic rings. The van der Waals surface area contributed by atoms with Crippen molar-refractivity contribution in [1.29, 1.82) is 0 Å². The molecule has 0 spiro atoms. The molecule has 13 heavy (non-hydrogen) atoms. The zero-order chi connectivity index (χ0) is 9.52. The number of hydrogen-bond acceptors (Lipinski definition) is 2. The van der Waals surface area contributed by atoms with E-state index in [1.165, 1.54) is 32.2 Å². The van der Waals surface area contributed by atoms with Gasteiger partial charge in [0, 0.05) is 25.0 Å². The summed E-state index contributed by atoms with van der Waals surface area (Å²) in [5.41, 5.74) is 0. The van der Waals surface area contributed by atoms with Crippen LogP contribution in [0.5, 0.6) is 0 Å². The highest BCUT2D eigenvalue weighted by Crippen LogP contribution is 2.24. The Labute approximate surface area is 89.8 Å². The van der Waals surface area contributed by atoms with Gasteiger partial charge < -0.3 is 4.74 Å². The van der Waals surface area contributed by atoms with Gasteiger partial charge in [0.1, 0.15) is 0 Å². The highest BCUT2D eigenvalue weighted by Gasteiger charge is 2.23. The van der Waals surface area contributed by atoms with E-state index in [0.29, 0.717) is 0 Å². The first-order chi connectivity index (χ1) is 6.38. The highest BCUT2D eigenvalue weighted by atomic mass is 79.9. The molecule has 0 atom stereocenters. The van der Waals surface area contributed by atoms with Gasteiger partial charge in [-0.25, -0.2) is 0 Å². The van der Waals surface area contributed by atoms with Crippen molar-refractivity contribution in [1.82, 2.24) is 4.90 Å². The lowest BCUT2D eigenvalue weighted by Gasteiger charge is -2.37. The summed E-state index contributed by atoms with van der Waals surface area (Å²) in [6, 6.07) is 0.856. The zero-order valence-corrected chi connectivity index (χ0v) is 10.1. The first-order valence-electron chi connectivity index (χ1n) is 5.17. The summed E-state index contributed by atoms with van der Waals surface area (Å²) in [6.45, 7) is 3.20. The van der Waals surface area contributed by atoms with Gasteiger partial charge in [0.05, 0.1) is 6.61 Å². The third kappa shape index (κ3) is 3.96. The summed E-state index contributed by atoms with van der Waals surface area (Å²) in [4.78, 5) is 2.58. The van der Waals surface area contributed by atoms with Crippen LogP contribution < -0.4 is 0 Å². The average Bonchev–Trinajstić information content (AvgIpc) is 2.06. The first-order valence-corrected chi connectivity index (χ1v) is 6.29. The minimum Gasteiger partial charge on any atom is -0.383 e. The van der Waals surface area contributed by atoms with Crippen LogP contribution in [0.1, 0.15) is 25.7 Å². The van der Waals surface area contributed by atoms with Crippen molar-refractivity contribution in [3.05, 3.63) is 0 Å². The van der Waals surface area contributed by atoms with E-state index in [9.17, 15) is 0 Å². The van der Waals surface area contributed by atoms with Gasteiger partial charge in [-0.15, -0.1) is 0 Å². The molecule has 0 radical (unpaired) electrons. The van der Waals surface area contributed by atoms with Crippen molar-refractivity contribution in [2.45, 2.75) is 31.7 Å². The van der Waals surface area contributed by atoms with Crippen LogP contribution in [0.3, 0.4) is 0 Å². The van der Waals surface area contributed by atoms with E-state index in [-0.39, 0.29) is 0 Å². The fourth-order valence-corrected chi connectivity index (χ4v) is 1.95. The second kappa shape index (κ2) is 6.80. The Morgan fingerprint density at radius 1 is 1.38 bits per heavy atom. The molecule has 1 aliphatic rings. The average molecular weight is 250 g/mol. The molecule has 0 amide bonds. The SMILES string of the molecule is COCCN(CCCBr)C1CCC1. The van der Waals surface area contributed by atoms with Crippen molar-refractivity contribution in [3.63, 3.8) is 0 Å². The van der Waals surface area contributed by atoms with Crippen LogP contribution in [0.2, 0.25) is 0 Å². The molecule has 1 rings (SSSR count). The molecule has 0 saturated heterocycles. The van der Waals surface area contributed by atoms with E-state index in [4.69, 9.17) is 4.74 Å². The maximum absolute atomic E-state index is 5.12. The van der Waals surface area contributed by atoms with Gasteiger partial charge in [-0.2, -0.15) is 0 Å². The van der Waals surface area contributed by atoms with E-state index in [2.05, 4.69) is 20.8 Å². The predicted molar refractivity (Wildman–Crippen MR) is 59.5 cm³/mol. The number of nitrogens with zero attached hydrogens (tertiary/aromatic N) is 1. The highest BCUT2D eigenvalue weighted by molar-refractivity contribution is 9.09. The Morgan fingerprint density at radius 2 is 2.15 bits per heavy atom. The predicted octanol–water partition coefficient (Wildman–Crippen LogP) is 2.27. The summed E-state index contributed by atoms with van der Waals surface area (Å²) < 4.78 is 5.12. The van der Waals surface area contributed by atoms with Crippen molar-refractivity contribution >= 4 is 15.9 Å². The summed E-state index contributed by atoms with van der Waals surface area (Å²) in [7, 11) is 1.78. The van der Waals surface area contributed by atoms with Crippen LogP contribution in [0.25, 0.3) is 0 Å². The normalized spacial score (nSPS) is 17.8. The first kappa shape index (κ1) is 11.5. The maximum atomic E-state index is 5.12. The largest absolute Gasteiger partial charge is 0.383 e. The molecule has 2 nitrogen and oxygen atoms in total. The molecule has 1 saturated carbocycles. The molecule has 0 unspecified atom stereocenters. The molecule has 0 aromatic carbocycles. The second-order valence-electron chi connectivity index (χ2n) is 3.66. The van der Waals surface area contributed by atoms with Crippen LogP contribution in [0, 0.1) is 0 Å². The molecular formula is C10H20BrNO. The number of halogens is 1. The van der Waals surface area contributed by atoms with Crippen molar-refractivity contribution in [2.24, 2.45) is 0 Å². The van der Waals surface area contributed by atoms with Gasteiger partial charge in [0.25, 0.3) is 0 Å². The quantitative estimate of drug-likeness (QED) is 0.643. The summed E-state index contributed by atoms with van der Waals surface area (Å²) in [5, 5.41) is 1.11. The minimum atomic E-state index is 0.856. The Morgan fingerprint density at radius 3 is 2.62 bits per heavy atom. The van der Waals surface area contributed by atoms with Crippen LogP contribution >= 0.6 is 15.9 Å². The van der Waals surface area contributed by atoms with E-state index in [1.54, 1.807) is 7.11 Å². The number of alkyl halides is 1. The smallest absolute Gasteiger partial charge is 0.0589 e. The fraction of sp³-hybridized carbons (Fsp3) is 1.00. The summed E-state index contributed by atoms with van der Waals surface area (Å²) in [5.74, 6) is 0. The van der Waals surface area contributed by atoms with E-state index >= 15 is 0 Å².